The minimum atomic E-state index is -0.578. The molecule has 4 nitrogen and oxygen atoms in total. The topological polar surface area (TPSA) is 86.2 Å². The summed E-state index contributed by atoms with van der Waals surface area (Å²) in [6.45, 7) is 0. The molecule has 28 heavy (non-hydrogen) atoms. The lowest BCUT2D eigenvalue weighted by molar-refractivity contribution is 0.0817. The predicted molar refractivity (Wildman–Crippen MR) is 113 cm³/mol. The number of fused-ring (bicyclic) bond motifs is 1. The van der Waals surface area contributed by atoms with E-state index in [0.29, 0.717) is 28.1 Å². The first-order valence-electron chi connectivity index (χ1n) is 8.87. The van der Waals surface area contributed by atoms with Gasteiger partial charge >= 0.3 is 0 Å². The van der Waals surface area contributed by atoms with Crippen molar-refractivity contribution >= 4 is 33.7 Å². The Morgan fingerprint density at radius 2 is 1.29 bits per heavy atom. The predicted octanol–water partition coefficient (Wildman–Crippen LogP) is 4.74. The minimum absolute atomic E-state index is 0.305. The van der Waals surface area contributed by atoms with Gasteiger partial charge < -0.3 is 11.5 Å². The first-order valence-corrected chi connectivity index (χ1v) is 8.87. The van der Waals surface area contributed by atoms with Gasteiger partial charge in [-0.2, -0.15) is 0 Å². The number of carbonyl (C=O) groups is 2. The van der Waals surface area contributed by atoms with Crippen molar-refractivity contribution in [1.29, 1.82) is 0 Å². The zero-order valence-electron chi connectivity index (χ0n) is 15.1. The number of carbonyl (C=O) groups excluding carboxylic acids is 2. The van der Waals surface area contributed by atoms with Crippen LogP contribution in [0.2, 0.25) is 0 Å². The van der Waals surface area contributed by atoms with Gasteiger partial charge in [-0.3, -0.25) is 9.59 Å². The van der Waals surface area contributed by atoms with E-state index < -0.39 is 11.6 Å². The molecule has 0 aliphatic carbocycles. The van der Waals surface area contributed by atoms with Crippen LogP contribution in [-0.4, -0.2) is 11.6 Å². The maximum Gasteiger partial charge on any atom is 0.234 e. The SMILES string of the molecule is Nc1ccc(C(=O)C(=O)c2ccc(N)cc2-c2cccc3ccccc23)cc1. The lowest BCUT2D eigenvalue weighted by atomic mass is 9.90. The molecule has 0 atom stereocenters. The van der Waals surface area contributed by atoms with E-state index in [9.17, 15) is 9.59 Å². The number of anilines is 2. The summed E-state index contributed by atoms with van der Waals surface area (Å²) in [5, 5.41) is 2.04. The van der Waals surface area contributed by atoms with Crippen LogP contribution in [0.15, 0.2) is 84.9 Å². The summed E-state index contributed by atoms with van der Waals surface area (Å²) in [6, 6.07) is 25.1. The lowest BCUT2D eigenvalue weighted by Gasteiger charge is -2.12. The quantitative estimate of drug-likeness (QED) is 0.310. The smallest absolute Gasteiger partial charge is 0.234 e. The molecule has 4 aromatic carbocycles. The largest absolute Gasteiger partial charge is 0.399 e. The van der Waals surface area contributed by atoms with Gasteiger partial charge in [0, 0.05) is 22.5 Å². The van der Waals surface area contributed by atoms with Crippen LogP contribution in [0.5, 0.6) is 0 Å². The van der Waals surface area contributed by atoms with Gasteiger partial charge in [-0.1, -0.05) is 42.5 Å². The van der Waals surface area contributed by atoms with Gasteiger partial charge in [0.1, 0.15) is 0 Å². The molecule has 0 aromatic heterocycles. The van der Waals surface area contributed by atoms with Gasteiger partial charge in [-0.15, -0.1) is 0 Å². The molecule has 0 saturated heterocycles. The molecule has 0 radical (unpaired) electrons. The van der Waals surface area contributed by atoms with Crippen molar-refractivity contribution in [1.82, 2.24) is 0 Å². The van der Waals surface area contributed by atoms with Crippen LogP contribution in [-0.2, 0) is 0 Å². The van der Waals surface area contributed by atoms with Crippen LogP contribution in [0.3, 0.4) is 0 Å². The Hall–Kier alpha value is -3.92. The standard InChI is InChI=1S/C24H18N2O2/c25-17-10-8-16(9-11-17)23(27)24(28)21-13-12-18(26)14-22(21)20-7-3-5-15-4-1-2-6-19(15)20/h1-14H,25-26H2. The third-order valence-corrected chi connectivity index (χ3v) is 4.75. The molecule has 136 valence electrons. The molecule has 0 fully saturated rings. The molecule has 4 rings (SSSR count). The average molecular weight is 366 g/mol. The van der Waals surface area contributed by atoms with Crippen molar-refractivity contribution in [2.75, 3.05) is 11.5 Å². The Labute approximate surface area is 162 Å². The number of hydrogen-bond acceptors (Lipinski definition) is 4. The van der Waals surface area contributed by atoms with Gasteiger partial charge in [-0.25, -0.2) is 0 Å². The van der Waals surface area contributed by atoms with Gasteiger partial charge in [0.15, 0.2) is 0 Å². The minimum Gasteiger partial charge on any atom is -0.399 e. The Morgan fingerprint density at radius 1 is 0.607 bits per heavy atom. The molecule has 0 unspecified atom stereocenters. The number of nitrogen functional groups attached to an aromatic ring is 2. The van der Waals surface area contributed by atoms with E-state index in [1.165, 1.54) is 0 Å². The van der Waals surface area contributed by atoms with Gasteiger partial charge in [-0.05, 0) is 64.4 Å². The maximum atomic E-state index is 13.0. The summed E-state index contributed by atoms with van der Waals surface area (Å²) in [4.78, 5) is 25.8. The third-order valence-electron chi connectivity index (χ3n) is 4.75. The van der Waals surface area contributed by atoms with Crippen LogP contribution in [0.4, 0.5) is 11.4 Å². The normalized spacial score (nSPS) is 10.7. The highest BCUT2D eigenvalue weighted by atomic mass is 16.2. The van der Waals surface area contributed by atoms with Crippen molar-refractivity contribution in [2.24, 2.45) is 0 Å². The second-order valence-corrected chi connectivity index (χ2v) is 6.61. The van der Waals surface area contributed by atoms with Gasteiger partial charge in [0.2, 0.25) is 11.6 Å². The molecule has 0 aliphatic rings. The van der Waals surface area contributed by atoms with Crippen LogP contribution in [0, 0.1) is 0 Å². The van der Waals surface area contributed by atoms with Crippen LogP contribution < -0.4 is 11.5 Å². The first-order chi connectivity index (χ1) is 13.5. The van der Waals surface area contributed by atoms with Gasteiger partial charge in [0.25, 0.3) is 0 Å². The van der Waals surface area contributed by atoms with Crippen LogP contribution >= 0.6 is 0 Å². The van der Waals surface area contributed by atoms with E-state index in [-0.39, 0.29) is 0 Å². The highest BCUT2D eigenvalue weighted by Gasteiger charge is 2.22. The fraction of sp³-hybridized carbons (Fsp3) is 0. The number of hydrogen-bond donors (Lipinski definition) is 2. The number of rotatable bonds is 4. The molecule has 4 aromatic rings. The fourth-order valence-electron chi connectivity index (χ4n) is 3.33. The summed E-state index contributed by atoms with van der Waals surface area (Å²) >= 11 is 0. The van der Waals surface area contributed by atoms with Crippen molar-refractivity contribution in [3.05, 3.63) is 96.1 Å². The second-order valence-electron chi connectivity index (χ2n) is 6.61. The van der Waals surface area contributed by atoms with E-state index in [1.807, 2.05) is 42.5 Å². The summed E-state index contributed by atoms with van der Waals surface area (Å²) in [6.07, 6.45) is 0. The van der Waals surface area contributed by atoms with Crippen molar-refractivity contribution in [3.63, 3.8) is 0 Å². The highest BCUT2D eigenvalue weighted by molar-refractivity contribution is 6.50. The zero-order chi connectivity index (χ0) is 19.7. The number of nitrogens with two attached hydrogens (primary N) is 2. The van der Waals surface area contributed by atoms with E-state index in [4.69, 9.17) is 11.5 Å². The molecule has 4 N–H and O–H groups in total. The van der Waals surface area contributed by atoms with E-state index in [2.05, 4.69) is 0 Å². The maximum absolute atomic E-state index is 13.0. The third kappa shape index (κ3) is 3.12. The Morgan fingerprint density at radius 3 is 2.07 bits per heavy atom. The molecular weight excluding hydrogens is 348 g/mol. The van der Waals surface area contributed by atoms with E-state index >= 15 is 0 Å². The highest BCUT2D eigenvalue weighted by Crippen LogP contribution is 2.33. The number of benzene rings is 4. The summed E-state index contributed by atoms with van der Waals surface area (Å²) in [5.74, 6) is -1.15. The Kier molecular flexibility index (Phi) is 4.38. The van der Waals surface area contributed by atoms with Crippen molar-refractivity contribution < 1.29 is 9.59 Å². The molecular formula is C24H18N2O2. The molecule has 0 aliphatic heterocycles. The monoisotopic (exact) mass is 366 g/mol. The number of Topliss-reactive ketones (excluding diaryl/α,β-unsaturated/α-hetero) is 2. The molecule has 0 saturated carbocycles. The van der Waals surface area contributed by atoms with E-state index in [0.717, 1.165) is 16.3 Å². The fourth-order valence-corrected chi connectivity index (χ4v) is 3.33. The molecule has 4 heteroatoms. The molecule has 0 bridgehead atoms. The van der Waals surface area contributed by atoms with Gasteiger partial charge in [0.05, 0.1) is 0 Å². The molecule has 0 heterocycles. The molecule has 0 spiro atoms. The lowest BCUT2D eigenvalue weighted by Crippen LogP contribution is -2.15. The van der Waals surface area contributed by atoms with Crippen molar-refractivity contribution in [2.45, 2.75) is 0 Å². The zero-order valence-corrected chi connectivity index (χ0v) is 15.1. The Balaban J connectivity index is 1.86. The summed E-state index contributed by atoms with van der Waals surface area (Å²) in [7, 11) is 0. The van der Waals surface area contributed by atoms with E-state index in [1.54, 1.807) is 42.5 Å². The summed E-state index contributed by atoms with van der Waals surface area (Å²) in [5.41, 5.74) is 14.9. The van der Waals surface area contributed by atoms with Crippen LogP contribution in [0.1, 0.15) is 20.7 Å². The second kappa shape index (κ2) is 7.00. The first kappa shape index (κ1) is 17.5. The van der Waals surface area contributed by atoms with Crippen LogP contribution in [0.25, 0.3) is 21.9 Å². The summed E-state index contributed by atoms with van der Waals surface area (Å²) < 4.78 is 0. The Bertz CT molecular complexity index is 1210. The van der Waals surface area contributed by atoms with Crippen molar-refractivity contribution in [3.8, 4) is 11.1 Å². The average Bonchev–Trinajstić information content (AvgIpc) is 2.73. The number of ketones is 2. The molecule has 0 amide bonds.